The molecule has 0 aromatic heterocycles. The van der Waals surface area contributed by atoms with E-state index in [-0.39, 0.29) is 11.9 Å². The van der Waals surface area contributed by atoms with Crippen LogP contribution in [-0.2, 0) is 4.79 Å². The molecule has 0 aliphatic rings. The number of hydrogen-bond acceptors (Lipinski definition) is 1. The van der Waals surface area contributed by atoms with Crippen molar-refractivity contribution in [1.82, 2.24) is 5.32 Å². The van der Waals surface area contributed by atoms with Gasteiger partial charge in [-0.1, -0.05) is 28.1 Å². The maximum Gasteiger partial charge on any atom is 0.244 e. The third kappa shape index (κ3) is 4.79. The highest BCUT2D eigenvalue weighted by molar-refractivity contribution is 9.10. The minimum Gasteiger partial charge on any atom is -0.350 e. The second-order valence-corrected chi connectivity index (χ2v) is 4.46. The molecule has 0 aliphatic heterocycles. The van der Waals surface area contributed by atoms with E-state index in [2.05, 4.69) is 21.2 Å². The standard InChI is InChI=1S/C12H14BrNO/c1-9(2)14-12(15)8-5-10-3-6-11(13)7-4-10/h3-9H,1-2H3,(H,14,15)/b8-5+. The number of nitrogens with one attached hydrogen (secondary N) is 1. The summed E-state index contributed by atoms with van der Waals surface area (Å²) >= 11 is 3.35. The minimum absolute atomic E-state index is 0.0621. The first-order valence-electron chi connectivity index (χ1n) is 4.82. The van der Waals surface area contributed by atoms with Crippen LogP contribution in [0, 0.1) is 0 Å². The number of carbonyl (C=O) groups excluding carboxylic acids is 1. The maximum atomic E-state index is 11.3. The van der Waals surface area contributed by atoms with Crippen LogP contribution in [0.3, 0.4) is 0 Å². The molecule has 1 aromatic carbocycles. The van der Waals surface area contributed by atoms with E-state index in [0.717, 1.165) is 10.0 Å². The summed E-state index contributed by atoms with van der Waals surface area (Å²) in [5.74, 6) is -0.0621. The predicted octanol–water partition coefficient (Wildman–Crippen LogP) is 2.99. The lowest BCUT2D eigenvalue weighted by molar-refractivity contribution is -0.116. The Labute approximate surface area is 98.5 Å². The van der Waals surface area contributed by atoms with Crippen LogP contribution in [-0.4, -0.2) is 11.9 Å². The summed E-state index contributed by atoms with van der Waals surface area (Å²) in [6.07, 6.45) is 3.34. The van der Waals surface area contributed by atoms with Crippen molar-refractivity contribution in [2.75, 3.05) is 0 Å². The molecule has 80 valence electrons. The Balaban J connectivity index is 2.57. The summed E-state index contributed by atoms with van der Waals surface area (Å²) in [5.41, 5.74) is 1.01. The van der Waals surface area contributed by atoms with Gasteiger partial charge in [0.05, 0.1) is 0 Å². The first kappa shape index (κ1) is 12.0. The smallest absolute Gasteiger partial charge is 0.244 e. The average molecular weight is 268 g/mol. The molecule has 0 heterocycles. The molecule has 1 rings (SSSR count). The molecule has 0 atom stereocenters. The second kappa shape index (κ2) is 5.71. The molecule has 0 saturated heterocycles. The van der Waals surface area contributed by atoms with Gasteiger partial charge in [-0.25, -0.2) is 0 Å². The number of halogens is 1. The molecule has 1 N–H and O–H groups in total. The first-order valence-corrected chi connectivity index (χ1v) is 5.61. The highest BCUT2D eigenvalue weighted by Crippen LogP contribution is 2.11. The minimum atomic E-state index is -0.0621. The molecular weight excluding hydrogens is 254 g/mol. The zero-order chi connectivity index (χ0) is 11.3. The molecule has 0 aliphatic carbocycles. The van der Waals surface area contributed by atoms with Gasteiger partial charge in [-0.05, 0) is 37.6 Å². The Morgan fingerprint density at radius 3 is 2.47 bits per heavy atom. The van der Waals surface area contributed by atoms with Crippen LogP contribution in [0.5, 0.6) is 0 Å². The molecule has 1 amide bonds. The van der Waals surface area contributed by atoms with Crippen LogP contribution in [0.1, 0.15) is 19.4 Å². The number of rotatable bonds is 3. The van der Waals surface area contributed by atoms with Crippen molar-refractivity contribution in [3.63, 3.8) is 0 Å². The van der Waals surface area contributed by atoms with Crippen LogP contribution >= 0.6 is 15.9 Å². The van der Waals surface area contributed by atoms with Gasteiger partial charge in [0.15, 0.2) is 0 Å². The average Bonchev–Trinajstić information content (AvgIpc) is 2.16. The Morgan fingerprint density at radius 1 is 1.33 bits per heavy atom. The van der Waals surface area contributed by atoms with Crippen molar-refractivity contribution in [1.29, 1.82) is 0 Å². The largest absolute Gasteiger partial charge is 0.350 e. The lowest BCUT2D eigenvalue weighted by Crippen LogP contribution is -2.28. The molecule has 0 fully saturated rings. The van der Waals surface area contributed by atoms with Gasteiger partial charge in [-0.2, -0.15) is 0 Å². The lowest BCUT2D eigenvalue weighted by Gasteiger charge is -2.03. The van der Waals surface area contributed by atoms with Gasteiger partial charge in [-0.3, -0.25) is 4.79 Å². The van der Waals surface area contributed by atoms with E-state index in [9.17, 15) is 4.79 Å². The van der Waals surface area contributed by atoms with Crippen LogP contribution < -0.4 is 5.32 Å². The predicted molar refractivity (Wildman–Crippen MR) is 66.5 cm³/mol. The van der Waals surface area contributed by atoms with E-state index in [0.29, 0.717) is 0 Å². The first-order chi connectivity index (χ1) is 7.08. The monoisotopic (exact) mass is 267 g/mol. The van der Waals surface area contributed by atoms with Crippen molar-refractivity contribution < 1.29 is 4.79 Å². The fourth-order valence-corrected chi connectivity index (χ4v) is 1.34. The molecule has 0 radical (unpaired) electrons. The summed E-state index contributed by atoms with van der Waals surface area (Å²) in [5, 5.41) is 2.79. The van der Waals surface area contributed by atoms with E-state index in [1.807, 2.05) is 38.1 Å². The molecular formula is C12H14BrNO. The highest BCUT2D eigenvalue weighted by Gasteiger charge is 1.97. The third-order valence-corrected chi connectivity index (χ3v) is 2.26. The van der Waals surface area contributed by atoms with Crippen molar-refractivity contribution in [3.8, 4) is 0 Å². The lowest BCUT2D eigenvalue weighted by atomic mass is 10.2. The van der Waals surface area contributed by atoms with Crippen molar-refractivity contribution in [2.24, 2.45) is 0 Å². The van der Waals surface area contributed by atoms with Crippen molar-refractivity contribution in [3.05, 3.63) is 40.4 Å². The molecule has 0 bridgehead atoms. The SMILES string of the molecule is CC(C)NC(=O)/C=C/c1ccc(Br)cc1. The molecule has 0 saturated carbocycles. The van der Waals surface area contributed by atoms with Gasteiger partial charge in [0.25, 0.3) is 0 Å². The number of hydrogen-bond donors (Lipinski definition) is 1. The molecule has 3 heteroatoms. The van der Waals surface area contributed by atoms with Crippen molar-refractivity contribution >= 4 is 27.9 Å². The summed E-state index contributed by atoms with van der Waals surface area (Å²) in [7, 11) is 0. The molecule has 15 heavy (non-hydrogen) atoms. The van der Waals surface area contributed by atoms with Gasteiger partial charge in [0.1, 0.15) is 0 Å². The van der Waals surface area contributed by atoms with Gasteiger partial charge >= 0.3 is 0 Å². The zero-order valence-corrected chi connectivity index (χ0v) is 10.4. The molecule has 2 nitrogen and oxygen atoms in total. The quantitative estimate of drug-likeness (QED) is 0.839. The molecule has 1 aromatic rings. The van der Waals surface area contributed by atoms with Crippen LogP contribution in [0.15, 0.2) is 34.8 Å². The van der Waals surface area contributed by atoms with E-state index < -0.39 is 0 Å². The van der Waals surface area contributed by atoms with Crippen LogP contribution in [0.2, 0.25) is 0 Å². The van der Waals surface area contributed by atoms with Gasteiger partial charge in [0, 0.05) is 16.6 Å². The second-order valence-electron chi connectivity index (χ2n) is 3.55. The fourth-order valence-electron chi connectivity index (χ4n) is 1.08. The maximum absolute atomic E-state index is 11.3. The third-order valence-electron chi connectivity index (χ3n) is 1.73. The number of benzene rings is 1. The Morgan fingerprint density at radius 2 is 1.93 bits per heavy atom. The van der Waals surface area contributed by atoms with Crippen LogP contribution in [0.4, 0.5) is 0 Å². The molecule has 0 spiro atoms. The Bertz CT molecular complexity index is 354. The summed E-state index contributed by atoms with van der Waals surface area (Å²) in [6, 6.07) is 7.96. The number of carbonyl (C=O) groups is 1. The van der Waals surface area contributed by atoms with E-state index in [4.69, 9.17) is 0 Å². The number of amides is 1. The van der Waals surface area contributed by atoms with Crippen LogP contribution in [0.25, 0.3) is 6.08 Å². The summed E-state index contributed by atoms with van der Waals surface area (Å²) < 4.78 is 1.03. The van der Waals surface area contributed by atoms with Crippen molar-refractivity contribution in [2.45, 2.75) is 19.9 Å². The van der Waals surface area contributed by atoms with E-state index in [1.54, 1.807) is 12.2 Å². The van der Waals surface area contributed by atoms with Gasteiger partial charge in [0.2, 0.25) is 5.91 Å². The zero-order valence-electron chi connectivity index (χ0n) is 8.83. The topological polar surface area (TPSA) is 29.1 Å². The fraction of sp³-hybridized carbons (Fsp3) is 0.250. The summed E-state index contributed by atoms with van der Waals surface area (Å²) in [4.78, 5) is 11.3. The Hall–Kier alpha value is -1.09. The normalized spacial score (nSPS) is 10.9. The summed E-state index contributed by atoms with van der Waals surface area (Å²) in [6.45, 7) is 3.87. The van der Waals surface area contributed by atoms with E-state index >= 15 is 0 Å². The van der Waals surface area contributed by atoms with Gasteiger partial charge < -0.3 is 5.32 Å². The van der Waals surface area contributed by atoms with Gasteiger partial charge in [-0.15, -0.1) is 0 Å². The Kier molecular flexibility index (Phi) is 4.56. The molecule has 0 unspecified atom stereocenters. The highest BCUT2D eigenvalue weighted by atomic mass is 79.9. The van der Waals surface area contributed by atoms with E-state index in [1.165, 1.54) is 0 Å².